The zero-order valence-electron chi connectivity index (χ0n) is 10.2. The number of hydrogen-bond donors (Lipinski definition) is 2. The van der Waals surface area contributed by atoms with Crippen LogP contribution in [0, 0.1) is 5.92 Å². The molecule has 100 valence electrons. The molecule has 0 amide bonds. The Kier molecular flexibility index (Phi) is 3.17. The van der Waals surface area contributed by atoms with Gasteiger partial charge in [0, 0.05) is 12.6 Å². The van der Waals surface area contributed by atoms with Gasteiger partial charge in [0.05, 0.1) is 6.54 Å². The molecule has 0 spiro atoms. The highest BCUT2D eigenvalue weighted by Gasteiger charge is 2.26. The van der Waals surface area contributed by atoms with Crippen molar-refractivity contribution in [1.29, 1.82) is 0 Å². The van der Waals surface area contributed by atoms with Crippen molar-refractivity contribution in [2.45, 2.75) is 43.4 Å². The average Bonchev–Trinajstić information content (AvgIpc) is 3.25. The van der Waals surface area contributed by atoms with E-state index in [0.717, 1.165) is 12.8 Å². The largest absolute Gasteiger partial charge is 0.447 e. The van der Waals surface area contributed by atoms with E-state index in [0.29, 0.717) is 30.8 Å². The number of rotatable bonds is 7. The van der Waals surface area contributed by atoms with Gasteiger partial charge in [-0.25, -0.2) is 13.1 Å². The fourth-order valence-electron chi connectivity index (χ4n) is 1.75. The van der Waals surface area contributed by atoms with Gasteiger partial charge in [0.2, 0.25) is 5.09 Å². The Morgan fingerprint density at radius 1 is 1.22 bits per heavy atom. The van der Waals surface area contributed by atoms with Crippen LogP contribution in [0.25, 0.3) is 0 Å². The summed E-state index contributed by atoms with van der Waals surface area (Å²) in [5.74, 6) is 1.19. The lowest BCUT2D eigenvalue weighted by molar-refractivity contribution is 0.399. The van der Waals surface area contributed by atoms with E-state index in [1.165, 1.54) is 18.9 Å². The Hall–Kier alpha value is -0.850. The molecule has 2 aliphatic carbocycles. The minimum Gasteiger partial charge on any atom is -0.447 e. The summed E-state index contributed by atoms with van der Waals surface area (Å²) < 4.78 is 31.8. The fraction of sp³-hybridized carbons (Fsp3) is 0.667. The molecule has 0 saturated heterocycles. The third-order valence-electron chi connectivity index (χ3n) is 3.30. The van der Waals surface area contributed by atoms with Gasteiger partial charge in [-0.3, -0.25) is 0 Å². The molecule has 0 radical (unpaired) electrons. The fourth-order valence-corrected chi connectivity index (χ4v) is 2.81. The number of furan rings is 1. The van der Waals surface area contributed by atoms with Gasteiger partial charge >= 0.3 is 0 Å². The molecule has 0 bridgehead atoms. The van der Waals surface area contributed by atoms with E-state index >= 15 is 0 Å². The predicted molar refractivity (Wildman–Crippen MR) is 66.5 cm³/mol. The van der Waals surface area contributed by atoms with Gasteiger partial charge < -0.3 is 9.73 Å². The maximum atomic E-state index is 11.9. The van der Waals surface area contributed by atoms with Crippen LogP contribution in [0.2, 0.25) is 0 Å². The highest BCUT2D eigenvalue weighted by atomic mass is 32.2. The van der Waals surface area contributed by atoms with Crippen LogP contribution in [0.3, 0.4) is 0 Å². The molecular weight excluding hydrogens is 252 g/mol. The van der Waals surface area contributed by atoms with Crippen LogP contribution in [0.5, 0.6) is 0 Å². The summed E-state index contributed by atoms with van der Waals surface area (Å²) in [6.07, 6.45) is 4.65. The molecule has 1 heterocycles. The van der Waals surface area contributed by atoms with E-state index < -0.39 is 10.0 Å². The molecule has 5 nitrogen and oxygen atoms in total. The summed E-state index contributed by atoms with van der Waals surface area (Å²) in [4.78, 5) is 0. The van der Waals surface area contributed by atoms with Crippen molar-refractivity contribution in [3.8, 4) is 0 Å². The molecule has 2 N–H and O–H groups in total. The minimum atomic E-state index is -3.46. The molecule has 0 aromatic carbocycles. The number of sulfonamides is 1. The number of nitrogens with one attached hydrogen (secondary N) is 2. The molecule has 2 fully saturated rings. The smallest absolute Gasteiger partial charge is 0.273 e. The summed E-state index contributed by atoms with van der Waals surface area (Å²) in [7, 11) is -3.46. The van der Waals surface area contributed by atoms with Crippen LogP contribution >= 0.6 is 0 Å². The zero-order chi connectivity index (χ0) is 12.6. The lowest BCUT2D eigenvalue weighted by atomic mass is 10.4. The molecule has 3 rings (SSSR count). The Morgan fingerprint density at radius 3 is 2.67 bits per heavy atom. The van der Waals surface area contributed by atoms with E-state index in [4.69, 9.17) is 4.42 Å². The lowest BCUT2D eigenvalue weighted by Gasteiger charge is -2.02. The SMILES string of the molecule is O=S(=O)(NCC1CC1)c1ccc(CNC2CC2)o1. The second kappa shape index (κ2) is 4.68. The normalized spacial score (nSPS) is 20.2. The maximum Gasteiger partial charge on any atom is 0.273 e. The summed E-state index contributed by atoms with van der Waals surface area (Å²) >= 11 is 0. The van der Waals surface area contributed by atoms with Crippen molar-refractivity contribution in [3.05, 3.63) is 17.9 Å². The van der Waals surface area contributed by atoms with Gasteiger partial charge in [0.25, 0.3) is 10.0 Å². The Morgan fingerprint density at radius 2 is 2.00 bits per heavy atom. The first-order valence-corrected chi connectivity index (χ1v) is 7.93. The highest BCUT2D eigenvalue weighted by molar-refractivity contribution is 7.89. The Labute approximate surface area is 107 Å². The van der Waals surface area contributed by atoms with E-state index in [-0.39, 0.29) is 5.09 Å². The quantitative estimate of drug-likeness (QED) is 0.781. The molecule has 18 heavy (non-hydrogen) atoms. The van der Waals surface area contributed by atoms with Gasteiger partial charge in [0.15, 0.2) is 0 Å². The third-order valence-corrected chi connectivity index (χ3v) is 4.60. The molecule has 6 heteroatoms. The van der Waals surface area contributed by atoms with Gasteiger partial charge in [-0.15, -0.1) is 0 Å². The average molecular weight is 270 g/mol. The van der Waals surface area contributed by atoms with Crippen molar-refractivity contribution in [2.75, 3.05) is 6.54 Å². The van der Waals surface area contributed by atoms with Crippen LogP contribution in [0.15, 0.2) is 21.6 Å². The summed E-state index contributed by atoms with van der Waals surface area (Å²) in [6, 6.07) is 3.84. The van der Waals surface area contributed by atoms with E-state index in [1.807, 2.05) is 0 Å². The monoisotopic (exact) mass is 270 g/mol. The van der Waals surface area contributed by atoms with Crippen LogP contribution < -0.4 is 10.0 Å². The van der Waals surface area contributed by atoms with E-state index in [9.17, 15) is 8.42 Å². The first-order chi connectivity index (χ1) is 8.63. The van der Waals surface area contributed by atoms with Gasteiger partial charge in [-0.05, 0) is 43.7 Å². The summed E-state index contributed by atoms with van der Waals surface area (Å²) in [6.45, 7) is 1.13. The Bertz CT molecular complexity index is 515. The standard InChI is InChI=1S/C12H18N2O3S/c15-18(16,14-7-9-1-2-9)12-6-5-11(17-12)8-13-10-3-4-10/h5-6,9-10,13-14H,1-4,7-8H2. The minimum absolute atomic E-state index is 0.0238. The second-order valence-corrected chi connectivity index (χ2v) is 6.87. The van der Waals surface area contributed by atoms with Crippen molar-refractivity contribution in [1.82, 2.24) is 10.0 Å². The van der Waals surface area contributed by atoms with Crippen molar-refractivity contribution in [2.24, 2.45) is 5.92 Å². The van der Waals surface area contributed by atoms with Gasteiger partial charge in [0.1, 0.15) is 5.76 Å². The second-order valence-electron chi connectivity index (χ2n) is 5.17. The van der Waals surface area contributed by atoms with Crippen LogP contribution in [-0.4, -0.2) is 21.0 Å². The predicted octanol–water partition coefficient (Wildman–Crippen LogP) is 1.22. The molecule has 2 aliphatic rings. The highest BCUT2D eigenvalue weighted by Crippen LogP contribution is 2.28. The summed E-state index contributed by atoms with van der Waals surface area (Å²) in [5.41, 5.74) is 0. The number of hydrogen-bond acceptors (Lipinski definition) is 4. The van der Waals surface area contributed by atoms with Crippen molar-refractivity contribution < 1.29 is 12.8 Å². The lowest BCUT2D eigenvalue weighted by Crippen LogP contribution is -2.25. The molecule has 2 saturated carbocycles. The summed E-state index contributed by atoms with van der Waals surface area (Å²) in [5, 5.41) is 3.31. The van der Waals surface area contributed by atoms with E-state index in [2.05, 4.69) is 10.0 Å². The third kappa shape index (κ3) is 3.13. The van der Waals surface area contributed by atoms with E-state index in [1.54, 1.807) is 6.07 Å². The van der Waals surface area contributed by atoms with Gasteiger partial charge in [-0.2, -0.15) is 0 Å². The topological polar surface area (TPSA) is 71.3 Å². The first kappa shape index (κ1) is 12.2. The van der Waals surface area contributed by atoms with Crippen LogP contribution in [0.4, 0.5) is 0 Å². The molecule has 1 aromatic rings. The van der Waals surface area contributed by atoms with Crippen LogP contribution in [-0.2, 0) is 16.6 Å². The molecular formula is C12H18N2O3S. The van der Waals surface area contributed by atoms with Crippen LogP contribution in [0.1, 0.15) is 31.4 Å². The van der Waals surface area contributed by atoms with Crippen molar-refractivity contribution in [3.63, 3.8) is 0 Å². The molecule has 0 aliphatic heterocycles. The molecule has 0 unspecified atom stereocenters. The molecule has 0 atom stereocenters. The van der Waals surface area contributed by atoms with Crippen molar-refractivity contribution >= 4 is 10.0 Å². The maximum absolute atomic E-state index is 11.9. The van der Waals surface area contributed by atoms with Gasteiger partial charge in [-0.1, -0.05) is 0 Å². The zero-order valence-corrected chi connectivity index (χ0v) is 11.0. The first-order valence-electron chi connectivity index (χ1n) is 6.45. The molecule has 1 aromatic heterocycles. The Balaban J connectivity index is 1.58.